The normalized spacial score (nSPS) is 18.4. The number of pyridine rings is 1. The molecule has 0 aliphatic carbocycles. The van der Waals surface area contributed by atoms with Crippen LogP contribution in [-0.2, 0) is 11.2 Å². The molecule has 0 fully saturated rings. The number of nitrogens with zero attached hydrogens (tertiary/aromatic N) is 1. The summed E-state index contributed by atoms with van der Waals surface area (Å²) in [7, 11) is 0. The third-order valence-electron chi connectivity index (χ3n) is 3.59. The van der Waals surface area contributed by atoms with Crippen LogP contribution in [0.5, 0.6) is 0 Å². The monoisotopic (exact) mass is 239 g/mol. The van der Waals surface area contributed by atoms with Crippen molar-refractivity contribution < 1.29 is 4.74 Å². The zero-order valence-electron chi connectivity index (χ0n) is 10.6. The van der Waals surface area contributed by atoms with Gasteiger partial charge in [-0.1, -0.05) is 25.1 Å². The Morgan fingerprint density at radius 3 is 2.83 bits per heavy atom. The van der Waals surface area contributed by atoms with Gasteiger partial charge < -0.3 is 4.74 Å². The Kier molecular flexibility index (Phi) is 3.11. The lowest BCUT2D eigenvalue weighted by Crippen LogP contribution is -2.16. The molecule has 2 aromatic rings. The fraction of sp³-hybridized carbons (Fsp3) is 0.312. The molecule has 18 heavy (non-hydrogen) atoms. The Labute approximate surface area is 108 Å². The predicted molar refractivity (Wildman–Crippen MR) is 72.4 cm³/mol. The minimum absolute atomic E-state index is 0.260. The number of benzene rings is 1. The molecule has 2 heteroatoms. The fourth-order valence-corrected chi connectivity index (χ4v) is 2.72. The minimum atomic E-state index is 0.260. The third-order valence-corrected chi connectivity index (χ3v) is 3.59. The molecule has 1 aromatic heterocycles. The van der Waals surface area contributed by atoms with Crippen LogP contribution in [0.3, 0.4) is 0 Å². The van der Waals surface area contributed by atoms with Crippen molar-refractivity contribution >= 4 is 0 Å². The Balaban J connectivity index is 2.12. The van der Waals surface area contributed by atoms with Gasteiger partial charge in [0.05, 0.1) is 12.7 Å². The molecule has 1 unspecified atom stereocenters. The first kappa shape index (κ1) is 11.4. The molecule has 0 bridgehead atoms. The highest BCUT2D eigenvalue weighted by atomic mass is 16.5. The highest BCUT2D eigenvalue weighted by Crippen LogP contribution is 2.35. The molecule has 0 saturated carbocycles. The Bertz CT molecular complexity index is 536. The minimum Gasteiger partial charge on any atom is -0.373 e. The molecule has 1 aromatic carbocycles. The maximum Gasteiger partial charge on any atom is 0.0825 e. The standard InChI is InChI=1S/C16H17NO/c1-2-16-15-5-3-4-13(14(15)8-11-18-16)12-6-9-17-10-7-12/h3-7,9-10,16H,2,8,11H2,1H3. The number of hydrogen-bond acceptors (Lipinski definition) is 2. The van der Waals surface area contributed by atoms with E-state index in [1.165, 1.54) is 22.3 Å². The van der Waals surface area contributed by atoms with Crippen LogP contribution in [0.4, 0.5) is 0 Å². The molecular formula is C16H17NO. The zero-order chi connectivity index (χ0) is 12.4. The SMILES string of the molecule is CCC1OCCc2c(-c3ccncc3)cccc21. The van der Waals surface area contributed by atoms with Gasteiger partial charge in [0.25, 0.3) is 0 Å². The molecule has 2 heterocycles. The van der Waals surface area contributed by atoms with Gasteiger partial charge in [-0.3, -0.25) is 4.98 Å². The maximum absolute atomic E-state index is 5.83. The molecule has 0 saturated heterocycles. The molecule has 0 radical (unpaired) electrons. The smallest absolute Gasteiger partial charge is 0.0825 e. The van der Waals surface area contributed by atoms with Crippen molar-refractivity contribution in [2.45, 2.75) is 25.9 Å². The summed E-state index contributed by atoms with van der Waals surface area (Å²) in [5.74, 6) is 0. The second kappa shape index (κ2) is 4.91. The van der Waals surface area contributed by atoms with Crippen LogP contribution in [0.25, 0.3) is 11.1 Å². The number of fused-ring (bicyclic) bond motifs is 1. The largest absolute Gasteiger partial charge is 0.373 e. The highest BCUT2D eigenvalue weighted by molar-refractivity contribution is 5.68. The van der Waals surface area contributed by atoms with Crippen LogP contribution < -0.4 is 0 Å². The average Bonchev–Trinajstić information content (AvgIpc) is 2.47. The first-order valence-corrected chi connectivity index (χ1v) is 6.54. The fourth-order valence-electron chi connectivity index (χ4n) is 2.72. The van der Waals surface area contributed by atoms with Gasteiger partial charge in [0.15, 0.2) is 0 Å². The molecule has 1 aliphatic heterocycles. The summed E-state index contributed by atoms with van der Waals surface area (Å²) < 4.78 is 5.83. The lowest BCUT2D eigenvalue weighted by Gasteiger charge is -2.27. The van der Waals surface area contributed by atoms with Crippen molar-refractivity contribution in [1.29, 1.82) is 0 Å². The van der Waals surface area contributed by atoms with Gasteiger partial charge in [-0.05, 0) is 47.2 Å². The number of rotatable bonds is 2. The van der Waals surface area contributed by atoms with E-state index in [2.05, 4.69) is 42.2 Å². The van der Waals surface area contributed by atoms with E-state index in [1.54, 1.807) is 0 Å². The number of ether oxygens (including phenoxy) is 1. The maximum atomic E-state index is 5.83. The van der Waals surface area contributed by atoms with Gasteiger partial charge in [0.1, 0.15) is 0 Å². The summed E-state index contributed by atoms with van der Waals surface area (Å²) in [4.78, 5) is 4.09. The molecule has 1 atom stereocenters. The van der Waals surface area contributed by atoms with E-state index in [0.717, 1.165) is 19.4 Å². The van der Waals surface area contributed by atoms with Crippen LogP contribution in [0, 0.1) is 0 Å². The van der Waals surface area contributed by atoms with E-state index in [9.17, 15) is 0 Å². The molecular weight excluding hydrogens is 222 g/mol. The molecule has 3 rings (SSSR count). The van der Waals surface area contributed by atoms with E-state index in [1.807, 2.05) is 12.4 Å². The predicted octanol–water partition coefficient (Wildman–Crippen LogP) is 3.77. The van der Waals surface area contributed by atoms with Crippen LogP contribution in [-0.4, -0.2) is 11.6 Å². The zero-order valence-corrected chi connectivity index (χ0v) is 10.6. The highest BCUT2D eigenvalue weighted by Gasteiger charge is 2.21. The second-order valence-electron chi connectivity index (χ2n) is 4.63. The number of aromatic nitrogens is 1. The summed E-state index contributed by atoms with van der Waals surface area (Å²) in [6.45, 7) is 3.01. The average molecular weight is 239 g/mol. The van der Waals surface area contributed by atoms with Gasteiger partial charge in [-0.2, -0.15) is 0 Å². The van der Waals surface area contributed by atoms with Crippen molar-refractivity contribution in [1.82, 2.24) is 4.98 Å². The van der Waals surface area contributed by atoms with Gasteiger partial charge in [-0.25, -0.2) is 0 Å². The van der Waals surface area contributed by atoms with E-state index in [-0.39, 0.29) is 6.10 Å². The quantitative estimate of drug-likeness (QED) is 0.795. The lowest BCUT2D eigenvalue weighted by atomic mass is 9.89. The van der Waals surface area contributed by atoms with Gasteiger partial charge in [0.2, 0.25) is 0 Å². The third kappa shape index (κ3) is 1.93. The Morgan fingerprint density at radius 2 is 2.06 bits per heavy atom. The lowest BCUT2D eigenvalue weighted by molar-refractivity contribution is 0.0401. The van der Waals surface area contributed by atoms with Crippen molar-refractivity contribution in [2.24, 2.45) is 0 Å². The van der Waals surface area contributed by atoms with Crippen LogP contribution >= 0.6 is 0 Å². The van der Waals surface area contributed by atoms with Crippen molar-refractivity contribution in [3.8, 4) is 11.1 Å². The number of hydrogen-bond donors (Lipinski definition) is 0. The molecule has 92 valence electrons. The summed E-state index contributed by atoms with van der Waals surface area (Å²) in [6, 6.07) is 10.7. The van der Waals surface area contributed by atoms with Crippen molar-refractivity contribution in [2.75, 3.05) is 6.61 Å². The molecule has 0 spiro atoms. The Morgan fingerprint density at radius 1 is 1.22 bits per heavy atom. The first-order chi connectivity index (χ1) is 8.90. The topological polar surface area (TPSA) is 22.1 Å². The summed E-state index contributed by atoms with van der Waals surface area (Å²) >= 11 is 0. The van der Waals surface area contributed by atoms with Crippen molar-refractivity contribution in [3.63, 3.8) is 0 Å². The van der Waals surface area contributed by atoms with Gasteiger partial charge in [-0.15, -0.1) is 0 Å². The van der Waals surface area contributed by atoms with Gasteiger partial charge >= 0.3 is 0 Å². The van der Waals surface area contributed by atoms with Crippen LogP contribution in [0.2, 0.25) is 0 Å². The van der Waals surface area contributed by atoms with E-state index in [0.29, 0.717) is 0 Å². The van der Waals surface area contributed by atoms with E-state index >= 15 is 0 Å². The molecule has 0 amide bonds. The van der Waals surface area contributed by atoms with Crippen LogP contribution in [0.15, 0.2) is 42.7 Å². The van der Waals surface area contributed by atoms with Gasteiger partial charge in [0, 0.05) is 12.4 Å². The summed E-state index contributed by atoms with van der Waals surface area (Å²) in [6.07, 6.45) is 6.00. The molecule has 2 nitrogen and oxygen atoms in total. The summed E-state index contributed by atoms with van der Waals surface area (Å²) in [5.41, 5.74) is 5.38. The van der Waals surface area contributed by atoms with Crippen molar-refractivity contribution in [3.05, 3.63) is 53.9 Å². The van der Waals surface area contributed by atoms with Crippen LogP contribution in [0.1, 0.15) is 30.6 Å². The summed E-state index contributed by atoms with van der Waals surface area (Å²) in [5, 5.41) is 0. The Hall–Kier alpha value is -1.67. The van der Waals surface area contributed by atoms with E-state index < -0.39 is 0 Å². The van der Waals surface area contributed by atoms with E-state index in [4.69, 9.17) is 4.74 Å². The first-order valence-electron chi connectivity index (χ1n) is 6.54. The molecule has 0 N–H and O–H groups in total. The second-order valence-corrected chi connectivity index (χ2v) is 4.63. The molecule has 1 aliphatic rings.